The number of carbonyl (C=O) groups is 2. The van der Waals surface area contributed by atoms with Gasteiger partial charge in [0.25, 0.3) is 0 Å². The molecule has 0 bridgehead atoms. The zero-order valence-electron chi connectivity index (χ0n) is 11.4. The summed E-state index contributed by atoms with van der Waals surface area (Å²) < 4.78 is 10.6. The van der Waals surface area contributed by atoms with Crippen LogP contribution in [0.4, 0.5) is 0 Å². The van der Waals surface area contributed by atoms with Crippen molar-refractivity contribution in [1.29, 1.82) is 0 Å². The molecule has 1 heterocycles. The number of aryl methyl sites for hydroxylation is 2. The quantitative estimate of drug-likeness (QED) is 0.407. The summed E-state index contributed by atoms with van der Waals surface area (Å²) in [5.41, 5.74) is 2.16. The average molecular weight is 298 g/mol. The van der Waals surface area contributed by atoms with Crippen LogP contribution in [0.1, 0.15) is 23.6 Å². The number of furan rings is 1. The van der Waals surface area contributed by atoms with Crippen molar-refractivity contribution in [3.8, 4) is 5.75 Å². The maximum atomic E-state index is 11.2. The minimum atomic E-state index is -1.17. The molecule has 1 aromatic carbocycles. The molecule has 21 heavy (non-hydrogen) atoms. The van der Waals surface area contributed by atoms with Crippen LogP contribution in [-0.4, -0.2) is 46.6 Å². The zero-order chi connectivity index (χ0) is 15.0. The Labute approximate surface area is 143 Å². The molecule has 0 saturated heterocycles. The third-order valence-corrected chi connectivity index (χ3v) is 3.07. The summed E-state index contributed by atoms with van der Waals surface area (Å²) in [6.45, 7) is 8.35. The number of benzene rings is 1. The Kier molecular flexibility index (Phi) is 5.39. The fraction of sp³-hybridized carbons (Fsp3) is 0.200. The van der Waals surface area contributed by atoms with Crippen LogP contribution in [0.15, 0.2) is 23.3 Å². The van der Waals surface area contributed by atoms with Crippen molar-refractivity contribution in [3.05, 3.63) is 35.6 Å². The van der Waals surface area contributed by atoms with Gasteiger partial charge in [-0.1, -0.05) is 6.58 Å². The van der Waals surface area contributed by atoms with Gasteiger partial charge >= 0.3 is 41.5 Å². The van der Waals surface area contributed by atoms with E-state index in [1.807, 2.05) is 6.92 Å². The molecular weight excluding hydrogens is 283 g/mol. The van der Waals surface area contributed by atoms with E-state index in [2.05, 4.69) is 6.58 Å². The number of fused-ring (bicyclic) bond motifs is 1. The van der Waals surface area contributed by atoms with Gasteiger partial charge < -0.3 is 14.3 Å². The third-order valence-electron chi connectivity index (χ3n) is 3.07. The Hall–Kier alpha value is -1.56. The van der Waals surface area contributed by atoms with Gasteiger partial charge in [-0.25, -0.2) is 4.79 Å². The Morgan fingerprint density at radius 3 is 2.48 bits per heavy atom. The van der Waals surface area contributed by atoms with Gasteiger partial charge in [-0.05, 0) is 25.5 Å². The molecule has 0 atom stereocenters. The number of carboxylic acid groups (broad SMARTS) is 1. The first kappa shape index (κ1) is 17.5. The monoisotopic (exact) mass is 298 g/mol. The van der Waals surface area contributed by atoms with Crippen LogP contribution >= 0.6 is 0 Å². The van der Waals surface area contributed by atoms with Crippen molar-refractivity contribution in [2.75, 3.05) is 0 Å². The van der Waals surface area contributed by atoms with Crippen LogP contribution < -0.4 is 4.74 Å². The van der Waals surface area contributed by atoms with E-state index in [9.17, 15) is 9.59 Å². The van der Waals surface area contributed by atoms with E-state index < -0.39 is 11.9 Å². The summed E-state index contributed by atoms with van der Waals surface area (Å²) in [6.07, 6.45) is 1.57. The van der Waals surface area contributed by atoms with Gasteiger partial charge in [0, 0.05) is 23.4 Å². The van der Waals surface area contributed by atoms with Crippen molar-refractivity contribution in [3.63, 3.8) is 0 Å². The fourth-order valence-electron chi connectivity index (χ4n) is 2.05. The van der Waals surface area contributed by atoms with E-state index in [-0.39, 0.29) is 46.4 Å². The number of aliphatic carboxylic acids is 1. The summed E-state index contributed by atoms with van der Waals surface area (Å²) in [6, 6.07) is 1.62. The van der Waals surface area contributed by atoms with E-state index in [4.69, 9.17) is 14.3 Å². The van der Waals surface area contributed by atoms with Gasteiger partial charge in [0.05, 0.1) is 11.8 Å². The Morgan fingerprint density at radius 2 is 1.95 bits per heavy atom. The third kappa shape index (κ3) is 3.20. The molecule has 0 aliphatic heterocycles. The number of esters is 1. The van der Waals surface area contributed by atoms with Crippen LogP contribution in [0.3, 0.4) is 0 Å². The molecule has 0 unspecified atom stereocenters. The summed E-state index contributed by atoms with van der Waals surface area (Å²) >= 11 is 0. The van der Waals surface area contributed by atoms with Gasteiger partial charge in [-0.2, -0.15) is 0 Å². The topological polar surface area (TPSA) is 76.7 Å². The van der Waals surface area contributed by atoms with Crippen LogP contribution in [0.25, 0.3) is 16.5 Å². The first-order valence-corrected chi connectivity index (χ1v) is 5.95. The Bertz CT molecular complexity index is 742. The van der Waals surface area contributed by atoms with E-state index >= 15 is 0 Å². The zero-order valence-corrected chi connectivity index (χ0v) is 11.4. The first-order valence-electron chi connectivity index (χ1n) is 5.95. The van der Waals surface area contributed by atoms with E-state index in [1.165, 1.54) is 6.92 Å². The molecule has 1 N–H and O–H groups in total. The molecule has 0 fully saturated rings. The maximum absolute atomic E-state index is 11.2. The van der Waals surface area contributed by atoms with Gasteiger partial charge in [-0.3, -0.25) is 4.79 Å². The second-order valence-corrected chi connectivity index (χ2v) is 4.55. The van der Waals surface area contributed by atoms with Crippen LogP contribution in [0.2, 0.25) is 0 Å². The van der Waals surface area contributed by atoms with E-state index in [0.29, 0.717) is 11.1 Å². The van der Waals surface area contributed by atoms with Crippen LogP contribution in [0, 0.1) is 13.8 Å². The molecule has 0 amide bonds. The number of ether oxygens (including phenoxy) is 1. The normalized spacial score (nSPS) is 10.0. The van der Waals surface area contributed by atoms with Gasteiger partial charge in [0.15, 0.2) is 0 Å². The molecule has 0 aliphatic carbocycles. The molecule has 2 aromatic rings. The van der Waals surface area contributed by atoms with Crippen molar-refractivity contribution in [2.45, 2.75) is 20.8 Å². The summed E-state index contributed by atoms with van der Waals surface area (Å²) in [5, 5.41) is 9.89. The number of hydrogen-bond acceptors (Lipinski definition) is 4. The molecular formula is C15H15NaO5. The Morgan fingerprint density at radius 1 is 1.33 bits per heavy atom. The van der Waals surface area contributed by atoms with Gasteiger partial charge in [0.2, 0.25) is 0 Å². The molecule has 0 aliphatic rings. The minimum absolute atomic E-state index is 0. The van der Waals surface area contributed by atoms with Gasteiger partial charge in [0.1, 0.15) is 11.3 Å². The van der Waals surface area contributed by atoms with Gasteiger partial charge in [-0.15, -0.1) is 0 Å². The fourth-order valence-corrected chi connectivity index (χ4v) is 2.05. The van der Waals surface area contributed by atoms with Crippen molar-refractivity contribution in [1.82, 2.24) is 0 Å². The molecule has 0 saturated carbocycles. The summed E-state index contributed by atoms with van der Waals surface area (Å²) in [7, 11) is 0. The summed E-state index contributed by atoms with van der Waals surface area (Å²) in [5.74, 6) is -1.53. The summed E-state index contributed by atoms with van der Waals surface area (Å²) in [4.78, 5) is 22.4. The molecule has 0 spiro atoms. The number of hydrogen-bond donors (Lipinski definition) is 1. The number of carboxylic acids is 1. The average Bonchev–Trinajstić information content (AvgIpc) is 2.73. The predicted octanol–water partition coefficient (Wildman–Crippen LogP) is 2.42. The SMILES string of the molecule is C=C(C(=O)O)c1cc2c(C)coc2c(C)c1OC(C)=O.[NaH]. The van der Waals surface area contributed by atoms with Crippen molar-refractivity contribution in [2.24, 2.45) is 0 Å². The predicted molar refractivity (Wildman–Crippen MR) is 80.8 cm³/mol. The molecule has 106 valence electrons. The molecule has 2 rings (SSSR count). The van der Waals surface area contributed by atoms with E-state index in [1.54, 1.807) is 19.3 Å². The van der Waals surface area contributed by atoms with Crippen molar-refractivity contribution < 1.29 is 23.8 Å². The standard InChI is InChI=1S/C15H14O5.Na.H/c1-7-6-19-13-9(3)14(20-10(4)16)12(5-11(7)13)8(2)15(17)18;;/h5-6H,2H2,1,3-4H3,(H,17,18);;. The number of rotatable bonds is 3. The van der Waals surface area contributed by atoms with Crippen LogP contribution in [0.5, 0.6) is 5.75 Å². The second kappa shape index (κ2) is 6.47. The molecule has 6 heteroatoms. The van der Waals surface area contributed by atoms with Crippen LogP contribution in [-0.2, 0) is 9.59 Å². The second-order valence-electron chi connectivity index (χ2n) is 4.55. The van der Waals surface area contributed by atoms with E-state index in [0.717, 1.165) is 10.9 Å². The molecule has 0 radical (unpaired) electrons. The molecule has 1 aromatic heterocycles. The Balaban J connectivity index is 0.00000220. The first-order chi connectivity index (χ1) is 9.32. The number of carbonyl (C=O) groups excluding carboxylic acids is 1. The van der Waals surface area contributed by atoms with Crippen molar-refractivity contribution >= 4 is 58.0 Å². The molecule has 5 nitrogen and oxygen atoms in total.